The van der Waals surface area contributed by atoms with Gasteiger partial charge in [-0.05, 0) is 31.5 Å². The van der Waals surface area contributed by atoms with Gasteiger partial charge in [-0.2, -0.15) is 5.10 Å². The number of ether oxygens (including phenoxy) is 1. The molecule has 0 saturated carbocycles. The lowest BCUT2D eigenvalue weighted by Gasteiger charge is -2.29. The Kier molecular flexibility index (Phi) is 4.86. The van der Waals surface area contributed by atoms with Gasteiger partial charge in [0.15, 0.2) is 0 Å². The molecule has 1 fully saturated rings. The molecular weight excluding hydrogens is 290 g/mol. The molecule has 5 heteroatoms. The number of benzene rings is 1. The predicted octanol–water partition coefficient (Wildman–Crippen LogP) is 3.25. The quantitative estimate of drug-likeness (QED) is 0.941. The highest BCUT2D eigenvalue weighted by Crippen LogP contribution is 2.32. The number of methoxy groups -OCH3 is 1. The summed E-state index contributed by atoms with van der Waals surface area (Å²) in [6, 6.07) is 7.97. The fourth-order valence-electron chi connectivity index (χ4n) is 3.33. The molecule has 1 aliphatic heterocycles. The van der Waals surface area contributed by atoms with Crippen molar-refractivity contribution in [3.8, 4) is 11.5 Å². The van der Waals surface area contributed by atoms with Gasteiger partial charge >= 0.3 is 0 Å². The van der Waals surface area contributed by atoms with E-state index < -0.39 is 0 Å². The van der Waals surface area contributed by atoms with Gasteiger partial charge in [0.05, 0.1) is 18.8 Å². The van der Waals surface area contributed by atoms with Gasteiger partial charge in [-0.1, -0.05) is 18.9 Å². The maximum Gasteiger partial charge on any atom is 0.123 e. The number of rotatable bonds is 4. The second-order valence-electron chi connectivity index (χ2n) is 6.24. The summed E-state index contributed by atoms with van der Waals surface area (Å²) in [6.07, 6.45) is 6.80. The van der Waals surface area contributed by atoms with Gasteiger partial charge in [0.1, 0.15) is 11.5 Å². The van der Waals surface area contributed by atoms with Crippen LogP contribution >= 0.6 is 0 Å². The normalized spacial score (nSPS) is 19.5. The first-order chi connectivity index (χ1) is 11.2. The zero-order chi connectivity index (χ0) is 16.2. The van der Waals surface area contributed by atoms with E-state index in [4.69, 9.17) is 4.74 Å². The number of hydrogen-bond acceptors (Lipinski definition) is 4. The Morgan fingerprint density at radius 2 is 2.13 bits per heavy atom. The fourth-order valence-corrected chi connectivity index (χ4v) is 3.33. The Balaban J connectivity index is 1.82. The summed E-state index contributed by atoms with van der Waals surface area (Å²) >= 11 is 0. The van der Waals surface area contributed by atoms with Crippen molar-refractivity contribution in [2.24, 2.45) is 7.05 Å². The van der Waals surface area contributed by atoms with Crippen molar-refractivity contribution in [1.82, 2.24) is 14.7 Å². The average Bonchev–Trinajstić information content (AvgIpc) is 2.84. The minimum Gasteiger partial charge on any atom is -0.507 e. The lowest BCUT2D eigenvalue weighted by atomic mass is 10.1. The Hall–Kier alpha value is -2.01. The standard InChI is InChI=1S/C18H25N3O2/c1-20-11-9-16(19-20)17-6-4-3-5-10-21(17)13-14-7-8-15(23-2)12-18(14)22/h7-9,11-12,17,22H,3-6,10,13H2,1-2H3/t17-/m0/s1. The molecule has 0 amide bonds. The minimum atomic E-state index is 0.299. The van der Waals surface area contributed by atoms with Crippen LogP contribution in [0.2, 0.25) is 0 Å². The molecule has 124 valence electrons. The van der Waals surface area contributed by atoms with Gasteiger partial charge in [0, 0.05) is 31.4 Å². The van der Waals surface area contributed by atoms with E-state index in [1.807, 2.05) is 30.1 Å². The summed E-state index contributed by atoms with van der Waals surface area (Å²) < 4.78 is 7.03. The molecule has 1 aliphatic rings. The average molecular weight is 315 g/mol. The molecule has 1 atom stereocenters. The monoisotopic (exact) mass is 315 g/mol. The number of aryl methyl sites for hydroxylation is 1. The first-order valence-corrected chi connectivity index (χ1v) is 8.27. The van der Waals surface area contributed by atoms with Crippen molar-refractivity contribution in [1.29, 1.82) is 0 Å². The molecule has 1 aromatic carbocycles. The summed E-state index contributed by atoms with van der Waals surface area (Å²) in [4.78, 5) is 2.44. The molecule has 0 bridgehead atoms. The van der Waals surface area contributed by atoms with Crippen molar-refractivity contribution >= 4 is 0 Å². The molecule has 1 aromatic heterocycles. The van der Waals surface area contributed by atoms with E-state index in [1.54, 1.807) is 13.2 Å². The van der Waals surface area contributed by atoms with Crippen LogP contribution in [0.3, 0.4) is 0 Å². The van der Waals surface area contributed by atoms with E-state index in [-0.39, 0.29) is 0 Å². The molecule has 23 heavy (non-hydrogen) atoms. The molecular formula is C18H25N3O2. The summed E-state index contributed by atoms with van der Waals surface area (Å²) in [7, 11) is 3.57. The lowest BCUT2D eigenvalue weighted by Crippen LogP contribution is -2.28. The van der Waals surface area contributed by atoms with Crippen LogP contribution in [0.1, 0.15) is 43.0 Å². The number of nitrogens with zero attached hydrogens (tertiary/aromatic N) is 3. The molecule has 2 heterocycles. The minimum absolute atomic E-state index is 0.299. The van der Waals surface area contributed by atoms with Crippen LogP contribution in [0, 0.1) is 0 Å². The number of phenolic OH excluding ortho intramolecular Hbond substituents is 1. The highest BCUT2D eigenvalue weighted by molar-refractivity contribution is 5.39. The first-order valence-electron chi connectivity index (χ1n) is 8.27. The zero-order valence-corrected chi connectivity index (χ0v) is 13.9. The van der Waals surface area contributed by atoms with Crippen LogP contribution in [-0.4, -0.2) is 33.4 Å². The van der Waals surface area contributed by atoms with E-state index in [0.29, 0.717) is 17.5 Å². The van der Waals surface area contributed by atoms with Crippen LogP contribution in [0.4, 0.5) is 0 Å². The molecule has 0 spiro atoms. The zero-order valence-electron chi connectivity index (χ0n) is 13.9. The molecule has 0 radical (unpaired) electrons. The van der Waals surface area contributed by atoms with Gasteiger partial charge in [-0.3, -0.25) is 9.58 Å². The van der Waals surface area contributed by atoms with E-state index in [0.717, 1.165) is 30.8 Å². The Bertz CT molecular complexity index is 653. The van der Waals surface area contributed by atoms with Gasteiger partial charge in [0.2, 0.25) is 0 Å². The number of phenols is 1. The summed E-state index contributed by atoms with van der Waals surface area (Å²) in [5.74, 6) is 0.983. The molecule has 1 saturated heterocycles. The van der Waals surface area contributed by atoms with Crippen molar-refractivity contribution in [2.75, 3.05) is 13.7 Å². The largest absolute Gasteiger partial charge is 0.507 e. The van der Waals surface area contributed by atoms with Crippen LogP contribution in [-0.2, 0) is 13.6 Å². The topological polar surface area (TPSA) is 50.5 Å². The molecule has 3 rings (SSSR count). The molecule has 0 unspecified atom stereocenters. The Labute approximate surface area is 137 Å². The Morgan fingerprint density at radius 3 is 2.83 bits per heavy atom. The van der Waals surface area contributed by atoms with E-state index in [2.05, 4.69) is 16.1 Å². The summed E-state index contributed by atoms with van der Waals surface area (Å²) in [6.45, 7) is 1.77. The van der Waals surface area contributed by atoms with Gasteiger partial charge in [0.25, 0.3) is 0 Å². The van der Waals surface area contributed by atoms with Gasteiger partial charge in [-0.15, -0.1) is 0 Å². The van der Waals surface area contributed by atoms with E-state index >= 15 is 0 Å². The van der Waals surface area contributed by atoms with Gasteiger partial charge in [-0.25, -0.2) is 0 Å². The van der Waals surface area contributed by atoms with Crippen molar-refractivity contribution in [3.05, 3.63) is 41.7 Å². The molecule has 0 aliphatic carbocycles. The van der Waals surface area contributed by atoms with Crippen LogP contribution in [0.15, 0.2) is 30.5 Å². The molecule has 2 aromatic rings. The SMILES string of the molecule is COc1ccc(CN2CCCCC[C@H]2c2ccn(C)n2)c(O)c1. The third-order valence-electron chi connectivity index (χ3n) is 4.61. The lowest BCUT2D eigenvalue weighted by molar-refractivity contribution is 0.186. The second-order valence-corrected chi connectivity index (χ2v) is 6.24. The second kappa shape index (κ2) is 7.04. The highest BCUT2D eigenvalue weighted by Gasteiger charge is 2.25. The number of likely N-dealkylation sites (tertiary alicyclic amines) is 1. The van der Waals surface area contributed by atoms with Crippen LogP contribution in [0.25, 0.3) is 0 Å². The van der Waals surface area contributed by atoms with E-state index in [9.17, 15) is 5.11 Å². The van der Waals surface area contributed by atoms with E-state index in [1.165, 1.54) is 19.3 Å². The first kappa shape index (κ1) is 15.9. The van der Waals surface area contributed by atoms with Crippen LogP contribution < -0.4 is 4.74 Å². The van der Waals surface area contributed by atoms with Crippen molar-refractivity contribution < 1.29 is 9.84 Å². The maximum absolute atomic E-state index is 10.3. The fraction of sp³-hybridized carbons (Fsp3) is 0.500. The Morgan fingerprint density at radius 1 is 1.26 bits per heavy atom. The predicted molar refractivity (Wildman–Crippen MR) is 89.5 cm³/mol. The number of hydrogen-bond donors (Lipinski definition) is 1. The summed E-state index contributed by atoms with van der Waals surface area (Å²) in [5.41, 5.74) is 2.07. The highest BCUT2D eigenvalue weighted by atomic mass is 16.5. The smallest absolute Gasteiger partial charge is 0.123 e. The third kappa shape index (κ3) is 3.67. The van der Waals surface area contributed by atoms with Crippen LogP contribution in [0.5, 0.6) is 11.5 Å². The third-order valence-corrected chi connectivity index (χ3v) is 4.61. The maximum atomic E-state index is 10.3. The van der Waals surface area contributed by atoms with Crippen molar-refractivity contribution in [3.63, 3.8) is 0 Å². The number of aromatic nitrogens is 2. The van der Waals surface area contributed by atoms with Crippen molar-refractivity contribution in [2.45, 2.75) is 38.3 Å². The number of aromatic hydroxyl groups is 1. The summed E-state index contributed by atoms with van der Waals surface area (Å²) in [5, 5.41) is 14.9. The molecule has 1 N–H and O–H groups in total. The van der Waals surface area contributed by atoms with Gasteiger partial charge < -0.3 is 9.84 Å². The molecule has 5 nitrogen and oxygen atoms in total.